The molecule has 18 heavy (non-hydrogen) atoms. The van der Waals surface area contributed by atoms with Crippen LogP contribution < -0.4 is 5.32 Å². The third-order valence-corrected chi connectivity index (χ3v) is 3.15. The van der Waals surface area contributed by atoms with Crippen LogP contribution in [0.25, 0.3) is 0 Å². The average Bonchev–Trinajstić information content (AvgIpc) is 2.36. The number of benzene rings is 1. The predicted molar refractivity (Wildman–Crippen MR) is 77.5 cm³/mol. The van der Waals surface area contributed by atoms with E-state index in [4.69, 9.17) is 4.74 Å². The lowest BCUT2D eigenvalue weighted by Crippen LogP contribution is -2.26. The highest BCUT2D eigenvalue weighted by Gasteiger charge is 2.08. The van der Waals surface area contributed by atoms with Gasteiger partial charge in [-0.1, -0.05) is 28.1 Å². The van der Waals surface area contributed by atoms with Crippen LogP contribution in [0.3, 0.4) is 0 Å². The molecule has 0 bridgehead atoms. The standard InChI is InChI=1S/C14H20BrNO2/c1-11-5-3-6-13(12(11)2)14(17)16-8-4-9-18-10-7-15/h3,5-6H,4,7-10H2,1-2H3,(H,16,17). The molecule has 100 valence electrons. The first kappa shape index (κ1) is 15.2. The van der Waals surface area contributed by atoms with Gasteiger partial charge in [0.25, 0.3) is 5.91 Å². The van der Waals surface area contributed by atoms with Crippen molar-refractivity contribution in [2.45, 2.75) is 20.3 Å². The molecule has 0 aromatic heterocycles. The van der Waals surface area contributed by atoms with Crippen LogP contribution in [0.1, 0.15) is 27.9 Å². The minimum absolute atomic E-state index is 0.00306. The van der Waals surface area contributed by atoms with Crippen molar-refractivity contribution in [2.24, 2.45) is 0 Å². The first-order valence-corrected chi connectivity index (χ1v) is 7.27. The van der Waals surface area contributed by atoms with Gasteiger partial charge in [0.1, 0.15) is 0 Å². The maximum absolute atomic E-state index is 11.9. The number of alkyl halides is 1. The molecule has 0 fully saturated rings. The van der Waals surface area contributed by atoms with Crippen molar-refractivity contribution < 1.29 is 9.53 Å². The van der Waals surface area contributed by atoms with E-state index in [-0.39, 0.29) is 5.91 Å². The van der Waals surface area contributed by atoms with Crippen molar-refractivity contribution in [3.8, 4) is 0 Å². The summed E-state index contributed by atoms with van der Waals surface area (Å²) in [7, 11) is 0. The lowest BCUT2D eigenvalue weighted by Gasteiger charge is -2.09. The first-order valence-electron chi connectivity index (χ1n) is 6.15. The lowest BCUT2D eigenvalue weighted by atomic mass is 10.0. The van der Waals surface area contributed by atoms with Crippen LogP contribution in [0.15, 0.2) is 18.2 Å². The molecule has 0 aliphatic heterocycles. The lowest BCUT2D eigenvalue weighted by molar-refractivity contribution is 0.0944. The number of rotatable bonds is 7. The van der Waals surface area contributed by atoms with Gasteiger partial charge in [0.2, 0.25) is 0 Å². The van der Waals surface area contributed by atoms with Gasteiger partial charge in [-0.05, 0) is 37.5 Å². The topological polar surface area (TPSA) is 38.3 Å². The zero-order valence-electron chi connectivity index (χ0n) is 11.0. The number of aryl methyl sites for hydroxylation is 1. The SMILES string of the molecule is Cc1cccc(C(=O)NCCCOCCBr)c1C. The van der Waals surface area contributed by atoms with Crippen LogP contribution in [-0.4, -0.2) is 31.0 Å². The van der Waals surface area contributed by atoms with Crippen LogP contribution in [0.5, 0.6) is 0 Å². The van der Waals surface area contributed by atoms with Gasteiger partial charge in [-0.3, -0.25) is 4.79 Å². The van der Waals surface area contributed by atoms with Crippen molar-refractivity contribution in [2.75, 3.05) is 25.1 Å². The van der Waals surface area contributed by atoms with Gasteiger partial charge < -0.3 is 10.1 Å². The van der Waals surface area contributed by atoms with Gasteiger partial charge in [-0.15, -0.1) is 0 Å². The molecule has 0 heterocycles. The van der Waals surface area contributed by atoms with Crippen molar-refractivity contribution in [3.05, 3.63) is 34.9 Å². The molecule has 0 aliphatic rings. The average molecular weight is 314 g/mol. The van der Waals surface area contributed by atoms with E-state index in [9.17, 15) is 4.79 Å². The molecule has 1 aromatic carbocycles. The van der Waals surface area contributed by atoms with Crippen LogP contribution >= 0.6 is 15.9 Å². The van der Waals surface area contributed by atoms with Gasteiger partial charge in [0.05, 0.1) is 6.61 Å². The highest BCUT2D eigenvalue weighted by atomic mass is 79.9. The van der Waals surface area contributed by atoms with Gasteiger partial charge in [-0.25, -0.2) is 0 Å². The minimum atomic E-state index is -0.00306. The number of carbonyl (C=O) groups excluding carboxylic acids is 1. The number of hydrogen-bond donors (Lipinski definition) is 1. The number of nitrogens with one attached hydrogen (secondary N) is 1. The highest BCUT2D eigenvalue weighted by molar-refractivity contribution is 9.09. The fourth-order valence-corrected chi connectivity index (χ4v) is 1.85. The second-order valence-electron chi connectivity index (χ2n) is 4.16. The molecule has 0 unspecified atom stereocenters. The third-order valence-electron chi connectivity index (χ3n) is 2.82. The Hall–Kier alpha value is -0.870. The van der Waals surface area contributed by atoms with Crippen LogP contribution in [0, 0.1) is 13.8 Å². The van der Waals surface area contributed by atoms with Crippen molar-refractivity contribution in [3.63, 3.8) is 0 Å². The smallest absolute Gasteiger partial charge is 0.251 e. The number of amides is 1. The Kier molecular flexibility index (Phi) is 6.98. The Morgan fingerprint density at radius 1 is 1.33 bits per heavy atom. The van der Waals surface area contributed by atoms with E-state index < -0.39 is 0 Å². The van der Waals surface area contributed by atoms with Crippen LogP contribution in [-0.2, 0) is 4.74 Å². The molecular weight excluding hydrogens is 294 g/mol. The monoisotopic (exact) mass is 313 g/mol. The zero-order valence-corrected chi connectivity index (χ0v) is 12.5. The summed E-state index contributed by atoms with van der Waals surface area (Å²) in [5.74, 6) is -0.00306. The summed E-state index contributed by atoms with van der Waals surface area (Å²) in [6.45, 7) is 6.03. The molecular formula is C14H20BrNO2. The van der Waals surface area contributed by atoms with E-state index in [2.05, 4.69) is 21.2 Å². The predicted octanol–water partition coefficient (Wildman–Crippen LogP) is 2.83. The maximum Gasteiger partial charge on any atom is 0.251 e. The molecule has 0 radical (unpaired) electrons. The quantitative estimate of drug-likeness (QED) is 0.621. The maximum atomic E-state index is 11.9. The molecule has 1 aromatic rings. The van der Waals surface area contributed by atoms with Crippen LogP contribution in [0.4, 0.5) is 0 Å². The van der Waals surface area contributed by atoms with Crippen molar-refractivity contribution >= 4 is 21.8 Å². The number of carbonyl (C=O) groups is 1. The summed E-state index contributed by atoms with van der Waals surface area (Å²) in [5.41, 5.74) is 2.95. The van der Waals surface area contributed by atoms with Gasteiger partial charge in [0.15, 0.2) is 0 Å². The van der Waals surface area contributed by atoms with E-state index in [1.165, 1.54) is 0 Å². The van der Waals surface area contributed by atoms with E-state index in [1.54, 1.807) is 0 Å². The molecule has 4 heteroatoms. The van der Waals surface area contributed by atoms with Gasteiger partial charge >= 0.3 is 0 Å². The number of hydrogen-bond acceptors (Lipinski definition) is 2. The molecule has 0 saturated carbocycles. The fourth-order valence-electron chi connectivity index (χ4n) is 1.63. The molecule has 0 spiro atoms. The number of halogens is 1. The molecule has 3 nitrogen and oxygen atoms in total. The summed E-state index contributed by atoms with van der Waals surface area (Å²) < 4.78 is 5.31. The molecule has 1 amide bonds. The normalized spacial score (nSPS) is 10.4. The Morgan fingerprint density at radius 3 is 2.83 bits per heavy atom. The highest BCUT2D eigenvalue weighted by Crippen LogP contribution is 2.12. The second-order valence-corrected chi connectivity index (χ2v) is 4.95. The summed E-state index contributed by atoms with van der Waals surface area (Å²) in [5, 5.41) is 3.76. The van der Waals surface area contributed by atoms with Gasteiger partial charge in [0, 0.05) is 24.0 Å². The Morgan fingerprint density at radius 2 is 2.11 bits per heavy atom. The first-order chi connectivity index (χ1) is 8.66. The fraction of sp³-hybridized carbons (Fsp3) is 0.500. The Balaban J connectivity index is 2.35. The van der Waals surface area contributed by atoms with E-state index in [0.29, 0.717) is 19.8 Å². The number of ether oxygens (including phenoxy) is 1. The summed E-state index contributed by atoms with van der Waals surface area (Å²) in [4.78, 5) is 11.9. The molecule has 1 N–H and O–H groups in total. The van der Waals surface area contributed by atoms with E-state index >= 15 is 0 Å². The van der Waals surface area contributed by atoms with Gasteiger partial charge in [-0.2, -0.15) is 0 Å². The third kappa shape index (κ3) is 4.78. The summed E-state index contributed by atoms with van der Waals surface area (Å²) >= 11 is 3.29. The molecule has 0 atom stereocenters. The Bertz CT molecular complexity index is 393. The van der Waals surface area contributed by atoms with E-state index in [1.807, 2.05) is 32.0 Å². The molecule has 0 aliphatic carbocycles. The second kappa shape index (κ2) is 8.27. The molecule has 0 saturated heterocycles. The summed E-state index contributed by atoms with van der Waals surface area (Å²) in [6, 6.07) is 5.79. The zero-order chi connectivity index (χ0) is 13.4. The van der Waals surface area contributed by atoms with Crippen molar-refractivity contribution in [1.29, 1.82) is 0 Å². The largest absolute Gasteiger partial charge is 0.381 e. The minimum Gasteiger partial charge on any atom is -0.381 e. The van der Waals surface area contributed by atoms with E-state index in [0.717, 1.165) is 28.4 Å². The van der Waals surface area contributed by atoms with Crippen LogP contribution in [0.2, 0.25) is 0 Å². The molecule has 1 rings (SSSR count). The summed E-state index contributed by atoms with van der Waals surface area (Å²) in [6.07, 6.45) is 0.837. The Labute approximate surface area is 117 Å². The van der Waals surface area contributed by atoms with Crippen molar-refractivity contribution in [1.82, 2.24) is 5.32 Å².